The van der Waals surface area contributed by atoms with Crippen LogP contribution in [0.5, 0.6) is 5.75 Å². The molecule has 3 N–H and O–H groups in total. The number of rotatable bonds is 5. The maximum absolute atomic E-state index is 10.2. The highest BCUT2D eigenvalue weighted by atomic mass is 16.5. The molecule has 16 heavy (non-hydrogen) atoms. The molecule has 2 atom stereocenters. The molecule has 0 aliphatic carbocycles. The molecular formula is C12H20N2O2. The number of aliphatic hydroxyl groups excluding tert-OH is 1. The van der Waals surface area contributed by atoms with Gasteiger partial charge in [0.2, 0.25) is 0 Å². The summed E-state index contributed by atoms with van der Waals surface area (Å²) in [6.07, 6.45) is 2.67. The lowest BCUT2D eigenvalue weighted by molar-refractivity contribution is 0.0856. The van der Waals surface area contributed by atoms with Crippen molar-refractivity contribution >= 4 is 0 Å². The summed E-state index contributed by atoms with van der Waals surface area (Å²) in [5.41, 5.74) is 6.42. The smallest absolute Gasteiger partial charge is 0.137 e. The standard InChI is InChI=1S/C12H20N2O2/c1-8(2)11(5-13)12(15)9-4-10(16-3)7-14-6-9/h4,6-8,11-12,15H,5,13H2,1-3H3. The van der Waals surface area contributed by atoms with E-state index in [0.29, 0.717) is 18.2 Å². The lowest BCUT2D eigenvalue weighted by Crippen LogP contribution is -2.26. The maximum Gasteiger partial charge on any atom is 0.137 e. The first-order valence-electron chi connectivity index (χ1n) is 5.47. The average Bonchev–Trinajstić information content (AvgIpc) is 2.29. The highest BCUT2D eigenvalue weighted by molar-refractivity contribution is 5.25. The van der Waals surface area contributed by atoms with Crippen molar-refractivity contribution in [3.8, 4) is 5.75 Å². The van der Waals surface area contributed by atoms with Gasteiger partial charge in [0.15, 0.2) is 0 Å². The van der Waals surface area contributed by atoms with E-state index in [2.05, 4.69) is 4.98 Å². The number of aromatic nitrogens is 1. The Kier molecular flexibility index (Phi) is 4.71. The number of methoxy groups -OCH3 is 1. The van der Waals surface area contributed by atoms with E-state index in [4.69, 9.17) is 10.5 Å². The molecule has 1 heterocycles. The Morgan fingerprint density at radius 2 is 2.12 bits per heavy atom. The summed E-state index contributed by atoms with van der Waals surface area (Å²) in [6.45, 7) is 4.55. The van der Waals surface area contributed by atoms with Gasteiger partial charge in [0.25, 0.3) is 0 Å². The van der Waals surface area contributed by atoms with E-state index >= 15 is 0 Å². The van der Waals surface area contributed by atoms with Crippen LogP contribution in [0.4, 0.5) is 0 Å². The second kappa shape index (κ2) is 5.82. The molecule has 0 spiro atoms. The first-order chi connectivity index (χ1) is 7.60. The van der Waals surface area contributed by atoms with Crippen LogP contribution in [0.3, 0.4) is 0 Å². The van der Waals surface area contributed by atoms with Gasteiger partial charge in [0.1, 0.15) is 5.75 Å². The molecule has 0 saturated heterocycles. The molecule has 0 fully saturated rings. The Hall–Kier alpha value is -1.13. The van der Waals surface area contributed by atoms with E-state index in [-0.39, 0.29) is 5.92 Å². The fourth-order valence-electron chi connectivity index (χ4n) is 1.72. The Bertz CT molecular complexity index is 329. The highest BCUT2D eigenvalue weighted by Crippen LogP contribution is 2.28. The lowest BCUT2D eigenvalue weighted by atomic mass is 9.87. The fraction of sp³-hybridized carbons (Fsp3) is 0.583. The van der Waals surface area contributed by atoms with Crippen molar-refractivity contribution in [2.75, 3.05) is 13.7 Å². The third kappa shape index (κ3) is 2.93. The minimum atomic E-state index is -0.590. The second-order valence-corrected chi connectivity index (χ2v) is 4.25. The quantitative estimate of drug-likeness (QED) is 0.792. The van der Waals surface area contributed by atoms with Crippen LogP contribution >= 0.6 is 0 Å². The zero-order chi connectivity index (χ0) is 12.1. The molecule has 1 aromatic rings. The third-order valence-corrected chi connectivity index (χ3v) is 2.85. The van der Waals surface area contributed by atoms with Gasteiger partial charge in [-0.2, -0.15) is 0 Å². The van der Waals surface area contributed by atoms with Gasteiger partial charge in [-0.1, -0.05) is 13.8 Å². The van der Waals surface area contributed by atoms with Crippen molar-refractivity contribution in [1.82, 2.24) is 4.98 Å². The summed E-state index contributed by atoms with van der Waals surface area (Å²) in [7, 11) is 1.58. The Labute approximate surface area is 96.5 Å². The highest BCUT2D eigenvalue weighted by Gasteiger charge is 2.23. The van der Waals surface area contributed by atoms with Crippen LogP contribution in [0, 0.1) is 11.8 Å². The molecule has 0 radical (unpaired) electrons. The van der Waals surface area contributed by atoms with Crippen molar-refractivity contribution < 1.29 is 9.84 Å². The van der Waals surface area contributed by atoms with Crippen LogP contribution in [0.15, 0.2) is 18.5 Å². The number of nitrogens with zero attached hydrogens (tertiary/aromatic N) is 1. The first-order valence-corrected chi connectivity index (χ1v) is 5.47. The minimum Gasteiger partial charge on any atom is -0.495 e. The molecule has 0 aliphatic rings. The van der Waals surface area contributed by atoms with Crippen LogP contribution in [0.1, 0.15) is 25.5 Å². The molecule has 0 aromatic carbocycles. The SMILES string of the molecule is COc1cncc(C(O)C(CN)C(C)C)c1. The van der Waals surface area contributed by atoms with E-state index in [0.717, 1.165) is 5.56 Å². The molecule has 90 valence electrons. The third-order valence-electron chi connectivity index (χ3n) is 2.85. The maximum atomic E-state index is 10.2. The number of nitrogens with two attached hydrogens (primary N) is 1. The van der Waals surface area contributed by atoms with Gasteiger partial charge in [0, 0.05) is 17.7 Å². The molecule has 4 heteroatoms. The molecule has 0 saturated carbocycles. The van der Waals surface area contributed by atoms with Crippen molar-refractivity contribution in [3.05, 3.63) is 24.0 Å². The zero-order valence-corrected chi connectivity index (χ0v) is 10.1. The van der Waals surface area contributed by atoms with Crippen LogP contribution in [0.25, 0.3) is 0 Å². The zero-order valence-electron chi connectivity index (χ0n) is 10.1. The normalized spacial score (nSPS) is 14.9. The Morgan fingerprint density at radius 1 is 1.44 bits per heavy atom. The lowest BCUT2D eigenvalue weighted by Gasteiger charge is -2.25. The summed E-state index contributed by atoms with van der Waals surface area (Å²) in [4.78, 5) is 4.03. The molecular weight excluding hydrogens is 204 g/mol. The monoisotopic (exact) mass is 224 g/mol. The van der Waals surface area contributed by atoms with Gasteiger partial charge < -0.3 is 15.6 Å². The minimum absolute atomic E-state index is 0.0360. The summed E-state index contributed by atoms with van der Waals surface area (Å²) in [5, 5.41) is 10.2. The number of hydrogen-bond donors (Lipinski definition) is 2. The number of pyridine rings is 1. The second-order valence-electron chi connectivity index (χ2n) is 4.25. The molecule has 0 bridgehead atoms. The van der Waals surface area contributed by atoms with E-state index in [1.54, 1.807) is 25.6 Å². The van der Waals surface area contributed by atoms with Crippen LogP contribution in [0.2, 0.25) is 0 Å². The number of hydrogen-bond acceptors (Lipinski definition) is 4. The van der Waals surface area contributed by atoms with Crippen molar-refractivity contribution in [3.63, 3.8) is 0 Å². The molecule has 1 aromatic heterocycles. The van der Waals surface area contributed by atoms with E-state index < -0.39 is 6.10 Å². The van der Waals surface area contributed by atoms with Crippen LogP contribution in [-0.4, -0.2) is 23.7 Å². The van der Waals surface area contributed by atoms with E-state index in [1.807, 2.05) is 13.8 Å². The van der Waals surface area contributed by atoms with E-state index in [1.165, 1.54) is 0 Å². The summed E-state index contributed by atoms with van der Waals surface area (Å²) in [6, 6.07) is 1.79. The fourth-order valence-corrected chi connectivity index (χ4v) is 1.72. The van der Waals surface area contributed by atoms with Gasteiger partial charge in [0.05, 0.1) is 19.4 Å². The topological polar surface area (TPSA) is 68.4 Å². The molecule has 2 unspecified atom stereocenters. The molecule has 4 nitrogen and oxygen atoms in total. The van der Waals surface area contributed by atoms with Crippen molar-refractivity contribution in [2.24, 2.45) is 17.6 Å². The largest absolute Gasteiger partial charge is 0.495 e. The summed E-state index contributed by atoms with van der Waals surface area (Å²) < 4.78 is 5.07. The predicted octanol–water partition coefficient (Wildman–Crippen LogP) is 1.35. The molecule has 0 amide bonds. The molecule has 1 rings (SSSR count). The number of ether oxygens (including phenoxy) is 1. The van der Waals surface area contributed by atoms with Crippen molar-refractivity contribution in [1.29, 1.82) is 0 Å². The Balaban J connectivity index is 2.89. The molecule has 0 aliphatic heterocycles. The summed E-state index contributed by atoms with van der Waals surface area (Å²) >= 11 is 0. The van der Waals surface area contributed by atoms with Crippen molar-refractivity contribution in [2.45, 2.75) is 20.0 Å². The van der Waals surface area contributed by atoms with Gasteiger partial charge in [-0.15, -0.1) is 0 Å². The first kappa shape index (κ1) is 12.9. The van der Waals surface area contributed by atoms with Gasteiger partial charge in [-0.25, -0.2) is 0 Å². The predicted molar refractivity (Wildman–Crippen MR) is 63.1 cm³/mol. The van der Waals surface area contributed by atoms with Crippen LogP contribution in [-0.2, 0) is 0 Å². The van der Waals surface area contributed by atoms with E-state index in [9.17, 15) is 5.11 Å². The van der Waals surface area contributed by atoms with Gasteiger partial charge >= 0.3 is 0 Å². The summed E-state index contributed by atoms with van der Waals surface area (Å²) in [5.74, 6) is 1.01. The van der Waals surface area contributed by atoms with Gasteiger partial charge in [-0.05, 0) is 18.5 Å². The van der Waals surface area contributed by atoms with Crippen LogP contribution < -0.4 is 10.5 Å². The average molecular weight is 224 g/mol. The van der Waals surface area contributed by atoms with Gasteiger partial charge in [-0.3, -0.25) is 4.98 Å². The number of aliphatic hydroxyl groups is 1. The Morgan fingerprint density at radius 3 is 2.62 bits per heavy atom.